The lowest BCUT2D eigenvalue weighted by molar-refractivity contribution is -0.221. The van der Waals surface area contributed by atoms with Crippen LogP contribution in [-0.2, 0) is 14.0 Å². The van der Waals surface area contributed by atoms with Gasteiger partial charge in [0, 0.05) is 6.20 Å². The Labute approximate surface area is 129 Å². The zero-order valence-electron chi connectivity index (χ0n) is 11.5. The van der Waals surface area contributed by atoms with E-state index < -0.39 is 43.9 Å². The average molecular weight is 347 g/mol. The first kappa shape index (κ1) is 17.6. The van der Waals surface area contributed by atoms with Crippen molar-refractivity contribution in [2.24, 2.45) is 0 Å². The van der Waals surface area contributed by atoms with E-state index in [1.807, 2.05) is 5.92 Å². The van der Waals surface area contributed by atoms with Crippen molar-refractivity contribution in [3.8, 4) is 12.3 Å². The van der Waals surface area contributed by atoms with Gasteiger partial charge in [0.2, 0.25) is 0 Å². The highest BCUT2D eigenvalue weighted by Crippen LogP contribution is 2.42. The van der Waals surface area contributed by atoms with Crippen LogP contribution < -0.4 is 11.4 Å². The molecule has 0 aromatic carbocycles. The molecule has 1 aromatic heterocycles. The van der Waals surface area contributed by atoms with Gasteiger partial charge in [-0.05, 0) is 12.0 Å². The molecule has 1 fully saturated rings. The standard InChI is InChI=1S/C11H14N3O8P/c1-2-11(21-5-23(18,19)20)8(16)7(15)9(22-11)14-4-3-6(12)13-10(14)17/h1,3-4,7-9,15-16H,5H2,(H2,12,13,17)(H2,18,19,20)/t7-,8+,9-,11+/m1/s1. The molecule has 4 atom stereocenters. The van der Waals surface area contributed by atoms with E-state index in [1.165, 1.54) is 6.07 Å². The lowest BCUT2D eigenvalue weighted by atomic mass is 10.1. The summed E-state index contributed by atoms with van der Waals surface area (Å²) in [6.07, 6.45) is 0.138. The maximum Gasteiger partial charge on any atom is 0.351 e. The molecule has 0 unspecified atom stereocenters. The highest BCUT2D eigenvalue weighted by Gasteiger charge is 2.56. The second-order valence-electron chi connectivity index (χ2n) is 4.74. The van der Waals surface area contributed by atoms with Gasteiger partial charge in [-0.1, -0.05) is 0 Å². The van der Waals surface area contributed by atoms with Crippen LogP contribution in [0.2, 0.25) is 0 Å². The maximum absolute atomic E-state index is 11.8. The molecule has 1 saturated heterocycles. The van der Waals surface area contributed by atoms with Crippen LogP contribution in [0.3, 0.4) is 0 Å². The summed E-state index contributed by atoms with van der Waals surface area (Å²) in [5, 5.41) is 20.1. The van der Waals surface area contributed by atoms with Crippen molar-refractivity contribution in [3.05, 3.63) is 22.7 Å². The van der Waals surface area contributed by atoms with Crippen LogP contribution in [0.1, 0.15) is 6.23 Å². The number of ether oxygens (including phenoxy) is 2. The summed E-state index contributed by atoms with van der Waals surface area (Å²) in [7, 11) is -4.62. The van der Waals surface area contributed by atoms with Gasteiger partial charge in [0.05, 0.1) is 0 Å². The predicted molar refractivity (Wildman–Crippen MR) is 74.6 cm³/mol. The first-order chi connectivity index (χ1) is 10.6. The molecule has 1 aromatic rings. The number of aliphatic hydroxyl groups is 2. The van der Waals surface area contributed by atoms with Crippen molar-refractivity contribution in [1.29, 1.82) is 0 Å². The van der Waals surface area contributed by atoms with Gasteiger partial charge in [-0.15, -0.1) is 6.42 Å². The van der Waals surface area contributed by atoms with Gasteiger partial charge in [-0.3, -0.25) is 9.13 Å². The maximum atomic E-state index is 11.8. The van der Waals surface area contributed by atoms with E-state index in [4.69, 9.17) is 31.4 Å². The number of hydrogen-bond acceptors (Lipinski definition) is 8. The number of rotatable bonds is 4. The predicted octanol–water partition coefficient (Wildman–Crippen LogP) is -2.44. The molecule has 0 radical (unpaired) electrons. The van der Waals surface area contributed by atoms with Crippen molar-refractivity contribution >= 4 is 13.4 Å². The smallest absolute Gasteiger partial charge is 0.351 e. The zero-order chi connectivity index (χ0) is 17.4. The largest absolute Gasteiger partial charge is 0.385 e. The Hall–Kier alpha value is -1.77. The molecule has 2 rings (SSSR count). The van der Waals surface area contributed by atoms with E-state index in [2.05, 4.69) is 4.98 Å². The Morgan fingerprint density at radius 3 is 2.74 bits per heavy atom. The Bertz CT molecular complexity index is 740. The topological polar surface area (TPSA) is 177 Å². The van der Waals surface area contributed by atoms with Crippen molar-refractivity contribution in [2.45, 2.75) is 24.2 Å². The quantitative estimate of drug-likeness (QED) is 0.290. The second-order valence-corrected chi connectivity index (χ2v) is 6.32. The second kappa shape index (κ2) is 6.03. The molecule has 12 heteroatoms. The summed E-state index contributed by atoms with van der Waals surface area (Å²) in [4.78, 5) is 32.9. The summed E-state index contributed by atoms with van der Waals surface area (Å²) in [6.45, 7) is 0. The van der Waals surface area contributed by atoms with Gasteiger partial charge in [-0.25, -0.2) is 4.79 Å². The number of nitrogens with two attached hydrogens (primary N) is 1. The fraction of sp³-hybridized carbons (Fsp3) is 0.455. The van der Waals surface area contributed by atoms with Crippen LogP contribution in [0, 0.1) is 12.3 Å². The summed E-state index contributed by atoms with van der Waals surface area (Å²) in [5.74, 6) is -0.508. The molecule has 1 aliphatic rings. The van der Waals surface area contributed by atoms with Crippen LogP contribution in [0.4, 0.5) is 5.82 Å². The number of nitrogen functional groups attached to an aromatic ring is 1. The van der Waals surface area contributed by atoms with E-state index >= 15 is 0 Å². The van der Waals surface area contributed by atoms with Crippen LogP contribution in [0.25, 0.3) is 0 Å². The summed E-state index contributed by atoms with van der Waals surface area (Å²) < 4.78 is 21.7. The number of anilines is 1. The lowest BCUT2D eigenvalue weighted by Crippen LogP contribution is -2.44. The minimum atomic E-state index is -4.62. The van der Waals surface area contributed by atoms with E-state index in [0.717, 1.165) is 10.8 Å². The fourth-order valence-corrected chi connectivity index (χ4v) is 2.36. The SMILES string of the molecule is C#C[C@]1(OCP(=O)(O)O)O[C@@H](n2ccc(N)nc2=O)[C@H](O)[C@@H]1O. The Kier molecular flexibility index (Phi) is 4.61. The summed E-state index contributed by atoms with van der Waals surface area (Å²) in [5.41, 5.74) is 4.46. The summed E-state index contributed by atoms with van der Waals surface area (Å²) in [6, 6.07) is 1.25. The van der Waals surface area contributed by atoms with E-state index in [9.17, 15) is 19.6 Å². The molecule has 0 bridgehead atoms. The molecule has 0 amide bonds. The van der Waals surface area contributed by atoms with E-state index in [1.54, 1.807) is 0 Å². The minimum absolute atomic E-state index is 0.0692. The number of terminal acetylenes is 1. The number of hydrogen-bond donors (Lipinski definition) is 5. The van der Waals surface area contributed by atoms with E-state index in [-0.39, 0.29) is 5.82 Å². The molecule has 0 aliphatic carbocycles. The normalized spacial score (nSPS) is 31.0. The van der Waals surface area contributed by atoms with Crippen molar-refractivity contribution in [1.82, 2.24) is 9.55 Å². The highest BCUT2D eigenvalue weighted by atomic mass is 31.2. The van der Waals surface area contributed by atoms with Crippen LogP contribution in [0.15, 0.2) is 17.1 Å². The third kappa shape index (κ3) is 3.44. The van der Waals surface area contributed by atoms with Crippen molar-refractivity contribution < 1.29 is 34.0 Å². The fourth-order valence-electron chi connectivity index (χ4n) is 2.00. The van der Waals surface area contributed by atoms with Gasteiger partial charge in [0.15, 0.2) is 18.7 Å². The molecule has 0 saturated carbocycles. The van der Waals surface area contributed by atoms with Gasteiger partial charge in [0.1, 0.15) is 11.9 Å². The molecule has 2 heterocycles. The van der Waals surface area contributed by atoms with Crippen molar-refractivity contribution in [2.75, 3.05) is 12.1 Å². The van der Waals surface area contributed by atoms with Gasteiger partial charge < -0.3 is 35.2 Å². The van der Waals surface area contributed by atoms with Gasteiger partial charge in [0.25, 0.3) is 5.79 Å². The van der Waals surface area contributed by atoms with Crippen LogP contribution >= 0.6 is 7.60 Å². The highest BCUT2D eigenvalue weighted by molar-refractivity contribution is 7.51. The minimum Gasteiger partial charge on any atom is -0.385 e. The third-order valence-corrected chi connectivity index (χ3v) is 3.54. The molecule has 126 valence electrons. The van der Waals surface area contributed by atoms with Gasteiger partial charge >= 0.3 is 13.3 Å². The Morgan fingerprint density at radius 2 is 2.22 bits per heavy atom. The molecule has 1 aliphatic heterocycles. The van der Waals surface area contributed by atoms with Crippen LogP contribution in [-0.4, -0.2) is 53.9 Å². The monoisotopic (exact) mass is 347 g/mol. The number of aliphatic hydroxyl groups excluding tert-OH is 2. The molecular weight excluding hydrogens is 333 g/mol. The molecule has 23 heavy (non-hydrogen) atoms. The lowest BCUT2D eigenvalue weighted by Gasteiger charge is -2.26. The molecule has 11 nitrogen and oxygen atoms in total. The first-order valence-electron chi connectivity index (χ1n) is 6.14. The Morgan fingerprint density at radius 1 is 1.57 bits per heavy atom. The molecule has 6 N–H and O–H groups in total. The van der Waals surface area contributed by atoms with Crippen LogP contribution in [0.5, 0.6) is 0 Å². The molecular formula is C11H14N3O8P. The Balaban J connectivity index is 2.34. The summed E-state index contributed by atoms with van der Waals surface area (Å²) >= 11 is 0. The van der Waals surface area contributed by atoms with E-state index in [0.29, 0.717) is 0 Å². The average Bonchev–Trinajstić information content (AvgIpc) is 2.70. The number of nitrogens with zero attached hydrogens (tertiary/aromatic N) is 2. The molecule has 0 spiro atoms. The first-order valence-corrected chi connectivity index (χ1v) is 7.94. The zero-order valence-corrected chi connectivity index (χ0v) is 12.4. The number of aromatic nitrogens is 2. The van der Waals surface area contributed by atoms with Gasteiger partial charge in [-0.2, -0.15) is 4.98 Å². The third-order valence-electron chi connectivity index (χ3n) is 3.07. The van der Waals surface area contributed by atoms with Crippen molar-refractivity contribution in [3.63, 3.8) is 0 Å².